The number of amides is 1. The number of carbonyl (C=O) groups is 1. The average Bonchev–Trinajstić information content (AvgIpc) is 3.61. The van der Waals surface area contributed by atoms with Crippen LogP contribution in [0.15, 0.2) is 64.6 Å². The maximum atomic E-state index is 12.6. The molecular weight excluding hydrogens is 542 g/mol. The quantitative estimate of drug-likeness (QED) is 0.312. The summed E-state index contributed by atoms with van der Waals surface area (Å²) in [6.45, 7) is 10.3. The molecule has 43 heavy (non-hydrogen) atoms. The molecule has 10 heteroatoms. The molecule has 5 rings (SSSR count). The van der Waals surface area contributed by atoms with E-state index in [1.807, 2.05) is 31.3 Å². The predicted molar refractivity (Wildman–Crippen MR) is 165 cm³/mol. The standard InChI is InChI=1S/C33H39N7O3/c1-21(40-16-6-7-27(40)19-34)20-37-15-14-33(31-38-32(42)43-39(31)5)28-12-10-23(22(2)35-3)17-24(28)8-9-25-18-26(30(41)36-4)11-13-29(25)33/h10-13,17-18,27,35,37H,1-2,6-9,14-16,20H2,3-5H3,(H,36,41). The minimum Gasteiger partial charge on any atom is -0.388 e. The van der Waals surface area contributed by atoms with Gasteiger partial charge in [-0.2, -0.15) is 15.0 Å². The van der Waals surface area contributed by atoms with Gasteiger partial charge >= 0.3 is 5.76 Å². The third-order valence-corrected chi connectivity index (χ3v) is 8.84. The van der Waals surface area contributed by atoms with Gasteiger partial charge in [0.2, 0.25) is 0 Å². The Labute approximate surface area is 252 Å². The van der Waals surface area contributed by atoms with Crippen LogP contribution in [-0.4, -0.2) is 60.3 Å². The summed E-state index contributed by atoms with van der Waals surface area (Å²) >= 11 is 0. The van der Waals surface area contributed by atoms with E-state index >= 15 is 0 Å². The summed E-state index contributed by atoms with van der Waals surface area (Å²) in [5.74, 6) is -0.321. The number of benzene rings is 2. The Hall–Kier alpha value is -4.62. The van der Waals surface area contributed by atoms with E-state index < -0.39 is 11.2 Å². The van der Waals surface area contributed by atoms with Crippen LogP contribution in [0.1, 0.15) is 63.3 Å². The smallest absolute Gasteiger partial charge is 0.388 e. The molecule has 2 heterocycles. The zero-order chi connectivity index (χ0) is 30.7. The van der Waals surface area contributed by atoms with Gasteiger partial charge in [-0.05, 0) is 84.7 Å². The van der Waals surface area contributed by atoms with Crippen LogP contribution in [0.3, 0.4) is 0 Å². The van der Waals surface area contributed by atoms with Crippen LogP contribution in [-0.2, 0) is 25.3 Å². The lowest BCUT2D eigenvalue weighted by Crippen LogP contribution is -2.39. The highest BCUT2D eigenvalue weighted by molar-refractivity contribution is 5.94. The zero-order valence-corrected chi connectivity index (χ0v) is 25.1. The summed E-state index contributed by atoms with van der Waals surface area (Å²) in [4.78, 5) is 31.7. The van der Waals surface area contributed by atoms with Crippen LogP contribution in [0.2, 0.25) is 0 Å². The summed E-state index contributed by atoms with van der Waals surface area (Å²) in [5, 5.41) is 19.0. The Morgan fingerprint density at radius 3 is 2.40 bits per heavy atom. The molecule has 0 saturated carbocycles. The van der Waals surface area contributed by atoms with Crippen molar-refractivity contribution in [2.24, 2.45) is 7.05 Å². The van der Waals surface area contributed by atoms with Gasteiger partial charge in [-0.3, -0.25) is 4.79 Å². The molecule has 2 unspecified atom stereocenters. The fourth-order valence-corrected chi connectivity index (χ4v) is 6.68. The van der Waals surface area contributed by atoms with E-state index in [4.69, 9.17) is 4.52 Å². The molecule has 0 radical (unpaired) electrons. The van der Waals surface area contributed by atoms with Crippen molar-refractivity contribution in [2.75, 3.05) is 33.7 Å². The van der Waals surface area contributed by atoms with Crippen molar-refractivity contribution in [1.29, 1.82) is 5.26 Å². The van der Waals surface area contributed by atoms with E-state index in [2.05, 4.69) is 57.2 Å². The number of fused-ring (bicyclic) bond motifs is 2. The van der Waals surface area contributed by atoms with Gasteiger partial charge < -0.3 is 25.4 Å². The van der Waals surface area contributed by atoms with E-state index in [-0.39, 0.29) is 11.9 Å². The molecule has 1 aliphatic carbocycles. The second kappa shape index (κ2) is 12.3. The molecule has 2 aromatic carbocycles. The number of hydrogen-bond donors (Lipinski definition) is 3. The van der Waals surface area contributed by atoms with E-state index in [0.717, 1.165) is 65.0 Å². The van der Waals surface area contributed by atoms with Crippen molar-refractivity contribution in [3.8, 4) is 6.07 Å². The summed E-state index contributed by atoms with van der Waals surface area (Å²) < 4.78 is 6.92. The summed E-state index contributed by atoms with van der Waals surface area (Å²) in [6, 6.07) is 14.3. The number of carbonyl (C=O) groups excluding carboxylic acids is 1. The first kappa shape index (κ1) is 29.9. The topological polar surface area (TPSA) is 128 Å². The van der Waals surface area contributed by atoms with Crippen LogP contribution < -0.4 is 21.7 Å². The van der Waals surface area contributed by atoms with Gasteiger partial charge in [-0.15, -0.1) is 0 Å². The van der Waals surface area contributed by atoms with Crippen molar-refractivity contribution < 1.29 is 9.32 Å². The molecule has 1 saturated heterocycles. The maximum Gasteiger partial charge on any atom is 0.459 e. The van der Waals surface area contributed by atoms with Crippen molar-refractivity contribution in [3.05, 3.63) is 105 Å². The highest BCUT2D eigenvalue weighted by Crippen LogP contribution is 2.46. The molecular formula is C33H39N7O3. The van der Waals surface area contributed by atoms with Gasteiger partial charge in [-0.1, -0.05) is 31.4 Å². The fourth-order valence-electron chi connectivity index (χ4n) is 6.68. The highest BCUT2D eigenvalue weighted by Gasteiger charge is 2.45. The highest BCUT2D eigenvalue weighted by atomic mass is 16.5. The molecule has 2 aliphatic rings. The molecule has 224 valence electrons. The number of aromatic nitrogens is 2. The molecule has 2 atom stereocenters. The first-order chi connectivity index (χ1) is 20.7. The minimum atomic E-state index is -0.861. The lowest BCUT2D eigenvalue weighted by atomic mass is 9.69. The first-order valence-electron chi connectivity index (χ1n) is 14.7. The van der Waals surface area contributed by atoms with Crippen molar-refractivity contribution in [1.82, 2.24) is 30.6 Å². The summed E-state index contributed by atoms with van der Waals surface area (Å²) in [5.41, 5.74) is 6.52. The molecule has 1 fully saturated rings. The van der Waals surface area contributed by atoms with E-state index in [1.54, 1.807) is 14.1 Å². The number of aryl methyl sites for hydroxylation is 3. The van der Waals surface area contributed by atoms with Crippen molar-refractivity contribution >= 4 is 11.6 Å². The number of likely N-dealkylation sites (tertiary alicyclic amines) is 1. The summed E-state index contributed by atoms with van der Waals surface area (Å²) in [7, 11) is 5.17. The SMILES string of the molecule is C=C(NC)c1ccc2c(c1)CCc1cc(C(=O)NC)ccc1C2(CCNCC(=C)N1CCCC1C#N)c1nc(=O)on1C. The minimum absolute atomic E-state index is 0.137. The zero-order valence-electron chi connectivity index (χ0n) is 25.1. The second-order valence-corrected chi connectivity index (χ2v) is 11.2. The van der Waals surface area contributed by atoms with Gasteiger partial charge in [0.15, 0.2) is 5.82 Å². The van der Waals surface area contributed by atoms with Crippen LogP contribution in [0.25, 0.3) is 5.70 Å². The number of nitriles is 1. The van der Waals surface area contributed by atoms with Gasteiger partial charge in [-0.25, -0.2) is 4.79 Å². The van der Waals surface area contributed by atoms with Crippen LogP contribution in [0, 0.1) is 11.3 Å². The lowest BCUT2D eigenvalue weighted by Gasteiger charge is -2.36. The van der Waals surface area contributed by atoms with Crippen LogP contribution in [0.4, 0.5) is 0 Å². The normalized spacial score (nSPS) is 19.1. The second-order valence-electron chi connectivity index (χ2n) is 11.2. The predicted octanol–water partition coefficient (Wildman–Crippen LogP) is 2.84. The molecule has 1 amide bonds. The van der Waals surface area contributed by atoms with Gasteiger partial charge in [0.05, 0.1) is 11.5 Å². The molecule has 10 nitrogen and oxygen atoms in total. The maximum absolute atomic E-state index is 12.6. The lowest BCUT2D eigenvalue weighted by molar-refractivity contribution is 0.0963. The summed E-state index contributed by atoms with van der Waals surface area (Å²) in [6.07, 6.45) is 3.81. The van der Waals surface area contributed by atoms with E-state index in [9.17, 15) is 14.9 Å². The first-order valence-corrected chi connectivity index (χ1v) is 14.7. The molecule has 0 bridgehead atoms. The Bertz CT molecular complexity index is 1590. The Kier molecular flexibility index (Phi) is 8.55. The van der Waals surface area contributed by atoms with Gasteiger partial charge in [0.25, 0.3) is 5.91 Å². The third kappa shape index (κ3) is 5.48. The molecule has 0 spiro atoms. The number of rotatable bonds is 10. The van der Waals surface area contributed by atoms with Crippen LogP contribution in [0.5, 0.6) is 0 Å². The van der Waals surface area contributed by atoms with Crippen molar-refractivity contribution in [2.45, 2.75) is 43.6 Å². The number of nitrogens with one attached hydrogen (secondary N) is 3. The number of nitrogens with zero attached hydrogens (tertiary/aromatic N) is 4. The Morgan fingerprint density at radius 1 is 1.12 bits per heavy atom. The fraction of sp³-hybridized carbons (Fsp3) is 0.394. The Balaban J connectivity index is 1.62. The van der Waals surface area contributed by atoms with Crippen LogP contribution >= 0.6 is 0 Å². The molecule has 3 N–H and O–H groups in total. The van der Waals surface area contributed by atoms with Gasteiger partial charge in [0, 0.05) is 51.2 Å². The van der Waals surface area contributed by atoms with Crippen molar-refractivity contribution in [3.63, 3.8) is 0 Å². The largest absolute Gasteiger partial charge is 0.459 e. The number of hydrogen-bond acceptors (Lipinski definition) is 8. The molecule has 3 aromatic rings. The van der Waals surface area contributed by atoms with Gasteiger partial charge in [0.1, 0.15) is 6.04 Å². The van der Waals surface area contributed by atoms with E-state index in [1.165, 1.54) is 4.74 Å². The molecule has 1 aromatic heterocycles. The third-order valence-electron chi connectivity index (χ3n) is 8.84. The average molecular weight is 582 g/mol. The monoisotopic (exact) mass is 581 g/mol. The molecule has 1 aliphatic heterocycles. The Morgan fingerprint density at radius 2 is 1.79 bits per heavy atom. The van der Waals surface area contributed by atoms with E-state index in [0.29, 0.717) is 37.3 Å².